The van der Waals surface area contributed by atoms with Gasteiger partial charge in [-0.2, -0.15) is 5.10 Å². The van der Waals surface area contributed by atoms with Crippen LogP contribution in [0.1, 0.15) is 59.5 Å². The Kier molecular flexibility index (Phi) is 9.04. The second kappa shape index (κ2) is 12.5. The minimum absolute atomic E-state index is 0.0255. The Labute approximate surface area is 224 Å². The summed E-state index contributed by atoms with van der Waals surface area (Å²) in [5.74, 6) is -1.06. The molecule has 3 amide bonds. The first-order valence-corrected chi connectivity index (χ1v) is 12.9. The van der Waals surface area contributed by atoms with Crippen LogP contribution in [0.2, 0.25) is 0 Å². The highest BCUT2D eigenvalue weighted by atomic mass is 19.3. The van der Waals surface area contributed by atoms with Crippen LogP contribution in [0.5, 0.6) is 0 Å². The molecule has 2 aliphatic carbocycles. The summed E-state index contributed by atoms with van der Waals surface area (Å²) in [5.41, 5.74) is 1.99. The summed E-state index contributed by atoms with van der Waals surface area (Å²) in [6, 6.07) is 1.09. The van der Waals surface area contributed by atoms with Crippen molar-refractivity contribution in [1.82, 2.24) is 40.4 Å². The standard InChI is InChI=1S/C16H16F2N8O3.C7H12.C2H6O/c1-9-13(24-29-23-9)14(27)19-4-11-6-26-12(22-11)2-10(3-21-26)5-25-8-16(17,18)7-20-15(25)28;1-2-6(1)5-7-3-4-7;1-3-2/h2-3,6H,4-5,7-8H2,1H3,(H,19,27)(H,20,28);6-7H,1-5H2;1-2H3. The predicted molar refractivity (Wildman–Crippen MR) is 135 cm³/mol. The summed E-state index contributed by atoms with van der Waals surface area (Å²) in [7, 11) is 3.25. The number of hydrogen-bond donors (Lipinski definition) is 2. The summed E-state index contributed by atoms with van der Waals surface area (Å²) >= 11 is 0. The van der Waals surface area contributed by atoms with Crippen molar-refractivity contribution >= 4 is 17.6 Å². The molecule has 3 aromatic rings. The molecule has 0 unspecified atom stereocenters. The molecule has 0 bridgehead atoms. The van der Waals surface area contributed by atoms with E-state index in [0.717, 1.165) is 4.90 Å². The van der Waals surface area contributed by atoms with Crippen molar-refractivity contribution in [2.24, 2.45) is 11.8 Å². The molecule has 39 heavy (non-hydrogen) atoms. The first-order chi connectivity index (χ1) is 18.7. The van der Waals surface area contributed by atoms with Crippen molar-refractivity contribution in [3.05, 3.63) is 41.1 Å². The molecular formula is C25H34F2N8O4. The van der Waals surface area contributed by atoms with E-state index in [2.05, 4.69) is 40.4 Å². The van der Waals surface area contributed by atoms with Gasteiger partial charge in [0, 0.05) is 20.8 Å². The minimum Gasteiger partial charge on any atom is -0.388 e. The van der Waals surface area contributed by atoms with Gasteiger partial charge in [-0.05, 0) is 42.0 Å². The Bertz CT molecular complexity index is 1260. The maximum Gasteiger partial charge on any atom is 0.318 e. The summed E-state index contributed by atoms with van der Waals surface area (Å²) in [4.78, 5) is 29.2. The van der Waals surface area contributed by atoms with E-state index in [4.69, 9.17) is 0 Å². The number of carbonyl (C=O) groups excluding carboxylic acids is 2. The molecule has 2 saturated carbocycles. The van der Waals surface area contributed by atoms with Crippen LogP contribution in [-0.4, -0.2) is 75.0 Å². The number of amides is 3. The average molecular weight is 549 g/mol. The lowest BCUT2D eigenvalue weighted by Gasteiger charge is -2.32. The number of methoxy groups -OCH3 is 1. The number of alkyl halides is 2. The number of urea groups is 1. The van der Waals surface area contributed by atoms with E-state index in [1.54, 1.807) is 65.5 Å². The van der Waals surface area contributed by atoms with E-state index in [1.807, 2.05) is 0 Å². The number of hydrogen-bond acceptors (Lipinski definition) is 8. The Morgan fingerprint density at radius 1 is 1.23 bits per heavy atom. The van der Waals surface area contributed by atoms with E-state index in [9.17, 15) is 18.4 Å². The van der Waals surface area contributed by atoms with Crippen LogP contribution in [-0.2, 0) is 17.8 Å². The molecule has 1 saturated heterocycles. The van der Waals surface area contributed by atoms with Gasteiger partial charge < -0.3 is 20.3 Å². The van der Waals surface area contributed by atoms with Crippen molar-refractivity contribution in [3.8, 4) is 0 Å². The summed E-state index contributed by atoms with van der Waals surface area (Å²) < 4.78 is 37.3. The summed E-state index contributed by atoms with van der Waals surface area (Å²) in [6.45, 7) is 0.359. The highest BCUT2D eigenvalue weighted by molar-refractivity contribution is 5.92. The molecule has 0 spiro atoms. The third-order valence-electron chi connectivity index (χ3n) is 6.37. The fraction of sp³-hybridized carbons (Fsp3) is 0.600. The van der Waals surface area contributed by atoms with Gasteiger partial charge in [0.2, 0.25) is 0 Å². The lowest BCUT2D eigenvalue weighted by molar-refractivity contribution is -0.0367. The number of fused-ring (bicyclic) bond motifs is 1. The lowest BCUT2D eigenvalue weighted by atomic mass is 10.2. The van der Waals surface area contributed by atoms with Crippen molar-refractivity contribution in [3.63, 3.8) is 0 Å². The SMILES string of the molecule is C1CC1CC1CC1.COC.Cc1nonc1C(=O)NCc1cn2ncc(CN3CC(F)(F)CNC3=O)cc2n1. The molecule has 3 aliphatic rings. The molecule has 1 aliphatic heterocycles. The molecule has 12 nitrogen and oxygen atoms in total. The molecule has 3 aromatic heterocycles. The van der Waals surface area contributed by atoms with Gasteiger partial charge in [0.15, 0.2) is 11.3 Å². The fourth-order valence-electron chi connectivity index (χ4n) is 4.08. The van der Waals surface area contributed by atoms with Gasteiger partial charge in [-0.1, -0.05) is 30.8 Å². The van der Waals surface area contributed by atoms with Gasteiger partial charge in [0.1, 0.15) is 5.69 Å². The maximum absolute atomic E-state index is 13.5. The molecule has 4 heterocycles. The monoisotopic (exact) mass is 548 g/mol. The number of aryl methyl sites for hydroxylation is 1. The van der Waals surface area contributed by atoms with Gasteiger partial charge in [-0.3, -0.25) is 4.79 Å². The molecule has 6 rings (SSSR count). The van der Waals surface area contributed by atoms with Crippen molar-refractivity contribution in [2.45, 2.75) is 58.0 Å². The number of carbonyl (C=O) groups is 2. The summed E-state index contributed by atoms with van der Waals surface area (Å²) in [6.07, 6.45) is 10.9. The van der Waals surface area contributed by atoms with E-state index in [0.29, 0.717) is 22.6 Å². The zero-order valence-corrected chi connectivity index (χ0v) is 22.3. The van der Waals surface area contributed by atoms with Gasteiger partial charge in [0.25, 0.3) is 11.8 Å². The number of rotatable bonds is 7. The number of aromatic nitrogens is 5. The van der Waals surface area contributed by atoms with Gasteiger partial charge in [-0.15, -0.1) is 0 Å². The third kappa shape index (κ3) is 8.40. The van der Waals surface area contributed by atoms with Crippen LogP contribution >= 0.6 is 0 Å². The molecule has 0 atom stereocenters. The van der Waals surface area contributed by atoms with Gasteiger partial charge >= 0.3 is 6.03 Å². The quantitative estimate of drug-likeness (QED) is 0.459. The summed E-state index contributed by atoms with van der Waals surface area (Å²) in [5, 5.41) is 16.1. The van der Waals surface area contributed by atoms with Gasteiger partial charge in [0.05, 0.1) is 37.7 Å². The molecule has 3 fully saturated rings. The Morgan fingerprint density at radius 2 is 1.92 bits per heavy atom. The van der Waals surface area contributed by atoms with E-state index in [-0.39, 0.29) is 18.8 Å². The normalized spacial score (nSPS) is 18.0. The predicted octanol–water partition coefficient (Wildman–Crippen LogP) is 2.97. The molecule has 0 aromatic carbocycles. The molecule has 14 heteroatoms. The van der Waals surface area contributed by atoms with Crippen molar-refractivity contribution < 1.29 is 27.7 Å². The van der Waals surface area contributed by atoms with Crippen LogP contribution in [0.25, 0.3) is 5.65 Å². The van der Waals surface area contributed by atoms with Crippen LogP contribution in [0, 0.1) is 18.8 Å². The molecule has 0 radical (unpaired) electrons. The largest absolute Gasteiger partial charge is 0.388 e. The fourth-order valence-corrected chi connectivity index (χ4v) is 4.08. The number of nitrogens with zero attached hydrogens (tertiary/aromatic N) is 6. The van der Waals surface area contributed by atoms with Gasteiger partial charge in [-0.25, -0.2) is 27.7 Å². The van der Waals surface area contributed by atoms with E-state index < -0.39 is 31.0 Å². The zero-order chi connectivity index (χ0) is 28.0. The molecule has 212 valence electrons. The number of ether oxygens (including phenoxy) is 1. The van der Waals surface area contributed by atoms with Crippen LogP contribution in [0.15, 0.2) is 23.1 Å². The third-order valence-corrected chi connectivity index (χ3v) is 6.37. The number of nitrogens with one attached hydrogen (secondary N) is 2. The zero-order valence-electron chi connectivity index (χ0n) is 22.3. The Morgan fingerprint density at radius 3 is 2.54 bits per heavy atom. The second-order valence-corrected chi connectivity index (χ2v) is 10.2. The topological polar surface area (TPSA) is 140 Å². The highest BCUT2D eigenvalue weighted by Crippen LogP contribution is 2.43. The number of halogens is 2. The first-order valence-electron chi connectivity index (χ1n) is 12.9. The minimum atomic E-state index is -2.98. The number of imidazole rings is 1. The van der Waals surface area contributed by atoms with Crippen LogP contribution < -0.4 is 10.6 Å². The first kappa shape index (κ1) is 28.3. The Hall–Kier alpha value is -3.68. The van der Waals surface area contributed by atoms with Crippen molar-refractivity contribution in [1.29, 1.82) is 0 Å². The van der Waals surface area contributed by atoms with Crippen LogP contribution in [0.4, 0.5) is 13.6 Å². The smallest absolute Gasteiger partial charge is 0.318 e. The maximum atomic E-state index is 13.5. The van der Waals surface area contributed by atoms with Crippen molar-refractivity contribution in [2.75, 3.05) is 27.3 Å². The highest BCUT2D eigenvalue weighted by Gasteiger charge is 2.38. The average Bonchev–Trinajstić information content (AvgIpc) is 3.81. The van der Waals surface area contributed by atoms with Crippen LogP contribution in [0.3, 0.4) is 0 Å². The van der Waals surface area contributed by atoms with E-state index in [1.165, 1.54) is 22.5 Å². The molecular weight excluding hydrogens is 514 g/mol. The Balaban J connectivity index is 0.000000294. The lowest BCUT2D eigenvalue weighted by Crippen LogP contribution is -2.56. The van der Waals surface area contributed by atoms with E-state index >= 15 is 0 Å². The second-order valence-electron chi connectivity index (χ2n) is 10.2. The molecule has 2 N–H and O–H groups in total.